The van der Waals surface area contributed by atoms with E-state index in [1.165, 1.54) is 17.7 Å². The Kier molecular flexibility index (Phi) is 5.00. The van der Waals surface area contributed by atoms with Crippen LogP contribution in [-0.4, -0.2) is 28.8 Å². The first-order chi connectivity index (χ1) is 10.2. The molecule has 0 aliphatic carbocycles. The van der Waals surface area contributed by atoms with E-state index >= 15 is 0 Å². The van der Waals surface area contributed by atoms with Crippen LogP contribution in [-0.2, 0) is 13.8 Å². The molecule has 1 aliphatic rings. The second kappa shape index (κ2) is 6.45. The van der Waals surface area contributed by atoms with Crippen molar-refractivity contribution in [2.45, 2.75) is 25.7 Å². The van der Waals surface area contributed by atoms with E-state index in [9.17, 15) is 23.9 Å². The smallest absolute Gasteiger partial charge is 0.330 e. The summed E-state index contributed by atoms with van der Waals surface area (Å²) in [6.45, 7) is 1.25. The minimum absolute atomic E-state index is 0.170. The molecule has 1 aromatic rings. The van der Waals surface area contributed by atoms with Gasteiger partial charge in [-0.25, -0.2) is 4.79 Å². The Morgan fingerprint density at radius 3 is 2.82 bits per heavy atom. The molecule has 1 aliphatic heterocycles. The molecule has 11 heteroatoms. The van der Waals surface area contributed by atoms with Crippen molar-refractivity contribution in [2.75, 3.05) is 13.2 Å². The van der Waals surface area contributed by atoms with Crippen LogP contribution in [0.3, 0.4) is 0 Å². The third kappa shape index (κ3) is 3.92. The van der Waals surface area contributed by atoms with E-state index in [0.717, 1.165) is 0 Å². The third-order valence-corrected chi connectivity index (χ3v) is 3.98. The van der Waals surface area contributed by atoms with E-state index in [-0.39, 0.29) is 12.5 Å². The Morgan fingerprint density at radius 2 is 2.23 bits per heavy atom. The molecule has 2 rings (SSSR count). The van der Waals surface area contributed by atoms with Crippen molar-refractivity contribution in [3.8, 4) is 0 Å². The van der Waals surface area contributed by atoms with Crippen molar-refractivity contribution in [1.29, 1.82) is 0 Å². The molecule has 124 valence electrons. The molecule has 1 aromatic heterocycles. The van der Waals surface area contributed by atoms with Gasteiger partial charge < -0.3 is 29.3 Å². The first-order valence-corrected chi connectivity index (χ1v) is 8.01. The largest absolute Gasteiger partial charge is 0.790 e. The topological polar surface area (TPSA) is 163 Å². The summed E-state index contributed by atoms with van der Waals surface area (Å²) >= 11 is 0. The molecule has 10 nitrogen and oxygen atoms in total. The number of aromatic amines is 1. The number of hydrogen-bond acceptors (Lipinski definition) is 8. The van der Waals surface area contributed by atoms with E-state index in [4.69, 9.17) is 10.5 Å². The number of aromatic nitrogens is 2. The van der Waals surface area contributed by atoms with Crippen LogP contribution >= 0.6 is 7.82 Å². The quantitative estimate of drug-likeness (QED) is 0.561. The van der Waals surface area contributed by atoms with Gasteiger partial charge in [0.25, 0.3) is 5.56 Å². The zero-order valence-electron chi connectivity index (χ0n) is 11.8. The van der Waals surface area contributed by atoms with Gasteiger partial charge in [0.2, 0.25) is 0 Å². The van der Waals surface area contributed by atoms with Crippen LogP contribution in [0.15, 0.2) is 15.8 Å². The summed E-state index contributed by atoms with van der Waals surface area (Å²) in [5.41, 5.74) is 4.78. The number of aryl methyl sites for hydroxylation is 1. The fourth-order valence-electron chi connectivity index (χ4n) is 2.35. The van der Waals surface area contributed by atoms with Gasteiger partial charge >= 0.3 is 5.69 Å². The maximum Gasteiger partial charge on any atom is 0.330 e. The molecule has 2 heterocycles. The lowest BCUT2D eigenvalue weighted by Crippen LogP contribution is -2.33. The van der Waals surface area contributed by atoms with Crippen LogP contribution in [0, 0.1) is 12.8 Å². The molecular formula is C11H16N3O7P-2. The first-order valence-electron chi connectivity index (χ1n) is 6.55. The number of nitrogens with two attached hydrogens (primary N) is 1. The molecule has 0 spiro atoms. The van der Waals surface area contributed by atoms with E-state index in [1.807, 2.05) is 0 Å². The fourth-order valence-corrected chi connectivity index (χ4v) is 2.68. The third-order valence-electron chi connectivity index (χ3n) is 3.52. The Morgan fingerprint density at radius 1 is 1.55 bits per heavy atom. The molecular weight excluding hydrogens is 317 g/mol. The van der Waals surface area contributed by atoms with Gasteiger partial charge in [0.15, 0.2) is 0 Å². The highest BCUT2D eigenvalue weighted by molar-refractivity contribution is 7.43. The van der Waals surface area contributed by atoms with Gasteiger partial charge in [0.1, 0.15) is 6.23 Å². The van der Waals surface area contributed by atoms with Crippen LogP contribution in [0.4, 0.5) is 0 Å². The van der Waals surface area contributed by atoms with Crippen molar-refractivity contribution >= 4 is 7.82 Å². The van der Waals surface area contributed by atoms with Crippen LogP contribution < -0.4 is 26.8 Å². The van der Waals surface area contributed by atoms with Crippen molar-refractivity contribution in [3.63, 3.8) is 0 Å². The van der Waals surface area contributed by atoms with Crippen LogP contribution in [0.25, 0.3) is 0 Å². The molecule has 0 amide bonds. The monoisotopic (exact) mass is 333 g/mol. The number of nitrogens with one attached hydrogen (secondary N) is 1. The minimum atomic E-state index is -5.11. The molecule has 1 fully saturated rings. The van der Waals surface area contributed by atoms with Crippen LogP contribution in [0.1, 0.15) is 18.2 Å². The number of H-pyrrole nitrogens is 1. The Labute approximate surface area is 125 Å². The van der Waals surface area contributed by atoms with Crippen molar-refractivity contribution in [1.82, 2.24) is 9.55 Å². The zero-order valence-corrected chi connectivity index (χ0v) is 12.7. The summed E-state index contributed by atoms with van der Waals surface area (Å²) in [7, 11) is -5.11. The highest BCUT2D eigenvalue weighted by Gasteiger charge is 2.36. The van der Waals surface area contributed by atoms with Gasteiger partial charge in [-0.15, -0.1) is 0 Å². The number of ether oxygens (including phenoxy) is 1. The second-order valence-electron chi connectivity index (χ2n) is 5.08. The van der Waals surface area contributed by atoms with Gasteiger partial charge in [-0.05, 0) is 19.9 Å². The fraction of sp³-hybridized carbons (Fsp3) is 0.636. The average molecular weight is 333 g/mol. The lowest BCUT2D eigenvalue weighted by Gasteiger charge is -2.30. The number of rotatable bonds is 5. The Balaban J connectivity index is 2.18. The zero-order chi connectivity index (χ0) is 16.5. The summed E-state index contributed by atoms with van der Waals surface area (Å²) < 4.78 is 21.5. The highest BCUT2D eigenvalue weighted by atomic mass is 31.2. The lowest BCUT2D eigenvalue weighted by molar-refractivity contribution is -0.343. The molecule has 0 saturated carbocycles. The van der Waals surface area contributed by atoms with Crippen molar-refractivity contribution in [2.24, 2.45) is 11.7 Å². The SMILES string of the molecule is Cc1cn([C@H]2C[C@H](CN)[C@@H](COP(=O)([O-])[O-])O2)c(=O)[nH]c1=O. The van der Waals surface area contributed by atoms with E-state index in [0.29, 0.717) is 12.0 Å². The molecule has 0 bridgehead atoms. The first kappa shape index (κ1) is 17.1. The van der Waals surface area contributed by atoms with E-state index in [1.54, 1.807) is 0 Å². The van der Waals surface area contributed by atoms with Gasteiger partial charge in [0, 0.05) is 17.7 Å². The molecule has 22 heavy (non-hydrogen) atoms. The lowest BCUT2D eigenvalue weighted by atomic mass is 10.0. The molecule has 0 radical (unpaired) electrons. The Hall–Kier alpha value is -1.29. The van der Waals surface area contributed by atoms with Crippen molar-refractivity contribution in [3.05, 3.63) is 32.6 Å². The summed E-state index contributed by atoms with van der Waals surface area (Å²) in [5, 5.41) is 0. The number of nitrogens with zero attached hydrogens (tertiary/aromatic N) is 1. The summed E-state index contributed by atoms with van der Waals surface area (Å²) in [4.78, 5) is 46.4. The van der Waals surface area contributed by atoms with Crippen molar-refractivity contribution < 1.29 is 23.6 Å². The maximum atomic E-state index is 11.8. The standard InChI is InChI=1S/C11H18N3O7P/c1-6-4-14(11(16)13-10(6)15)9-2-7(3-12)8(21-9)5-20-22(17,18)19/h4,7-9H,2-3,5,12H2,1H3,(H,13,15,16)(H2,17,18,19)/p-2/t7-,8-,9-/m1/s1. The summed E-state index contributed by atoms with van der Waals surface area (Å²) in [6, 6.07) is 0. The average Bonchev–Trinajstić information content (AvgIpc) is 2.83. The van der Waals surface area contributed by atoms with Gasteiger partial charge in [-0.3, -0.25) is 14.3 Å². The van der Waals surface area contributed by atoms with Gasteiger partial charge in [-0.2, -0.15) is 0 Å². The van der Waals surface area contributed by atoms with Crippen LogP contribution in [0.5, 0.6) is 0 Å². The van der Waals surface area contributed by atoms with E-state index < -0.39 is 38.0 Å². The highest BCUT2D eigenvalue weighted by Crippen LogP contribution is 2.35. The minimum Gasteiger partial charge on any atom is -0.790 e. The molecule has 0 unspecified atom stereocenters. The molecule has 1 saturated heterocycles. The predicted octanol–water partition coefficient (Wildman–Crippen LogP) is -2.45. The summed E-state index contributed by atoms with van der Waals surface area (Å²) in [5.74, 6) is -0.282. The molecule has 0 aromatic carbocycles. The second-order valence-corrected chi connectivity index (χ2v) is 6.23. The maximum absolute atomic E-state index is 11.8. The Bertz CT molecular complexity index is 694. The molecule has 3 atom stereocenters. The molecule has 3 N–H and O–H groups in total. The van der Waals surface area contributed by atoms with Crippen LogP contribution in [0.2, 0.25) is 0 Å². The number of phosphoric ester groups is 1. The number of phosphoric acid groups is 1. The summed E-state index contributed by atoms with van der Waals surface area (Å²) in [6.07, 6.45) is 0.236. The normalized spacial score (nSPS) is 25.5. The van der Waals surface area contributed by atoms with Gasteiger partial charge in [-0.1, -0.05) is 0 Å². The van der Waals surface area contributed by atoms with E-state index in [2.05, 4.69) is 9.51 Å². The number of hydrogen-bond donors (Lipinski definition) is 2. The van der Waals surface area contributed by atoms with Gasteiger partial charge in [0.05, 0.1) is 20.5 Å². The predicted molar refractivity (Wildman–Crippen MR) is 70.7 cm³/mol.